The number of rotatable bonds is 3. The molecule has 112 valence electrons. The van der Waals surface area contributed by atoms with E-state index < -0.39 is 17.6 Å². The summed E-state index contributed by atoms with van der Waals surface area (Å²) in [6.45, 7) is 6.94. The minimum absolute atomic E-state index is 0.352. The van der Waals surface area contributed by atoms with Crippen LogP contribution in [0.3, 0.4) is 0 Å². The maximum Gasteiger partial charge on any atom is 0.328 e. The van der Waals surface area contributed by atoms with Crippen molar-refractivity contribution in [2.45, 2.75) is 39.3 Å². The summed E-state index contributed by atoms with van der Waals surface area (Å²) < 4.78 is 6.83. The summed E-state index contributed by atoms with van der Waals surface area (Å²) in [6.07, 6.45) is 3.23. The van der Waals surface area contributed by atoms with Crippen molar-refractivity contribution in [1.29, 1.82) is 0 Å². The van der Waals surface area contributed by atoms with E-state index in [2.05, 4.69) is 10.4 Å². The van der Waals surface area contributed by atoms with Gasteiger partial charge in [0.05, 0.1) is 17.3 Å². The fourth-order valence-electron chi connectivity index (χ4n) is 1.83. The van der Waals surface area contributed by atoms with Gasteiger partial charge in [0.1, 0.15) is 11.6 Å². The zero-order valence-corrected chi connectivity index (χ0v) is 12.6. The third-order valence-corrected chi connectivity index (χ3v) is 2.78. The molecule has 0 aliphatic carbocycles. The number of carbonyl (C=O) groups is 2. The van der Waals surface area contributed by atoms with Crippen LogP contribution in [0.2, 0.25) is 0 Å². The van der Waals surface area contributed by atoms with E-state index in [0.717, 1.165) is 0 Å². The zero-order valence-electron chi connectivity index (χ0n) is 12.6. The van der Waals surface area contributed by atoms with Gasteiger partial charge in [0.15, 0.2) is 0 Å². The lowest BCUT2D eigenvalue weighted by molar-refractivity contribution is -0.156. The van der Waals surface area contributed by atoms with Crippen LogP contribution in [0.15, 0.2) is 30.6 Å². The molecule has 0 aliphatic rings. The molecule has 0 spiro atoms. The lowest BCUT2D eigenvalue weighted by atomic mass is 10.2. The average Bonchev–Trinajstić information content (AvgIpc) is 2.80. The summed E-state index contributed by atoms with van der Waals surface area (Å²) >= 11 is 0. The highest BCUT2D eigenvalue weighted by Crippen LogP contribution is 2.11. The second-order valence-corrected chi connectivity index (χ2v) is 5.82. The van der Waals surface area contributed by atoms with Crippen LogP contribution in [0.1, 0.15) is 38.1 Å². The molecule has 0 aliphatic heterocycles. The van der Waals surface area contributed by atoms with Crippen LogP contribution < -0.4 is 5.32 Å². The number of ether oxygens (including phenoxy) is 1. The SMILES string of the molecule is C[C@@H](NC(=O)c1cnn2ccccc12)C(=O)OC(C)(C)C. The van der Waals surface area contributed by atoms with E-state index in [0.29, 0.717) is 11.1 Å². The Morgan fingerprint density at radius 3 is 2.71 bits per heavy atom. The lowest BCUT2D eigenvalue weighted by Gasteiger charge is -2.22. The second kappa shape index (κ2) is 5.55. The number of esters is 1. The third kappa shape index (κ3) is 3.59. The van der Waals surface area contributed by atoms with Crippen molar-refractivity contribution in [3.63, 3.8) is 0 Å². The van der Waals surface area contributed by atoms with Gasteiger partial charge in [-0.15, -0.1) is 0 Å². The molecule has 2 rings (SSSR count). The van der Waals surface area contributed by atoms with E-state index in [1.54, 1.807) is 44.5 Å². The Morgan fingerprint density at radius 2 is 2.05 bits per heavy atom. The van der Waals surface area contributed by atoms with Crippen molar-refractivity contribution in [2.24, 2.45) is 0 Å². The number of aromatic nitrogens is 2. The Balaban J connectivity index is 2.09. The maximum absolute atomic E-state index is 12.2. The van der Waals surface area contributed by atoms with Crippen LogP contribution in [-0.4, -0.2) is 33.1 Å². The number of nitrogens with zero attached hydrogens (tertiary/aromatic N) is 2. The van der Waals surface area contributed by atoms with Crippen molar-refractivity contribution in [2.75, 3.05) is 0 Å². The molecule has 1 amide bonds. The Kier molecular flexibility index (Phi) is 3.97. The molecule has 1 N–H and O–H groups in total. The Morgan fingerprint density at radius 1 is 1.33 bits per heavy atom. The fraction of sp³-hybridized carbons (Fsp3) is 0.400. The number of nitrogens with one attached hydrogen (secondary N) is 1. The molecule has 0 bridgehead atoms. The van der Waals surface area contributed by atoms with Gasteiger partial charge in [-0.25, -0.2) is 9.31 Å². The predicted octanol–water partition coefficient (Wildman–Crippen LogP) is 1.79. The number of carbonyl (C=O) groups excluding carboxylic acids is 2. The van der Waals surface area contributed by atoms with Gasteiger partial charge < -0.3 is 10.1 Å². The highest BCUT2D eigenvalue weighted by molar-refractivity contribution is 6.02. The smallest absolute Gasteiger partial charge is 0.328 e. The standard InChI is InChI=1S/C15H19N3O3/c1-10(14(20)21-15(2,3)4)17-13(19)11-9-16-18-8-6-5-7-12(11)18/h5-10H,1-4H3,(H,17,19)/t10-/m1/s1. The summed E-state index contributed by atoms with van der Waals surface area (Å²) in [6, 6.07) is 4.71. The summed E-state index contributed by atoms with van der Waals surface area (Å²) in [7, 11) is 0. The topological polar surface area (TPSA) is 72.7 Å². The fourth-order valence-corrected chi connectivity index (χ4v) is 1.83. The molecular formula is C15H19N3O3. The predicted molar refractivity (Wildman–Crippen MR) is 78.0 cm³/mol. The van der Waals surface area contributed by atoms with Gasteiger partial charge in [0.25, 0.3) is 5.91 Å². The van der Waals surface area contributed by atoms with Gasteiger partial charge in [-0.2, -0.15) is 5.10 Å². The summed E-state index contributed by atoms with van der Waals surface area (Å²) in [5, 5.41) is 6.72. The molecule has 6 nitrogen and oxygen atoms in total. The largest absolute Gasteiger partial charge is 0.458 e. The van der Waals surface area contributed by atoms with Crippen molar-refractivity contribution in [3.05, 3.63) is 36.2 Å². The Bertz CT molecular complexity index is 670. The Hall–Kier alpha value is -2.37. The first-order chi connectivity index (χ1) is 9.78. The van der Waals surface area contributed by atoms with Crippen LogP contribution in [0.25, 0.3) is 5.52 Å². The van der Waals surface area contributed by atoms with Gasteiger partial charge >= 0.3 is 5.97 Å². The molecule has 0 fully saturated rings. The maximum atomic E-state index is 12.2. The van der Waals surface area contributed by atoms with E-state index >= 15 is 0 Å². The average molecular weight is 289 g/mol. The molecule has 0 saturated carbocycles. The minimum Gasteiger partial charge on any atom is -0.458 e. The summed E-state index contributed by atoms with van der Waals surface area (Å²) in [5.41, 5.74) is 0.526. The monoisotopic (exact) mass is 289 g/mol. The van der Waals surface area contributed by atoms with Crippen molar-refractivity contribution in [3.8, 4) is 0 Å². The highest BCUT2D eigenvalue weighted by atomic mass is 16.6. The van der Waals surface area contributed by atoms with E-state index in [9.17, 15) is 9.59 Å². The minimum atomic E-state index is -0.726. The molecule has 0 saturated heterocycles. The third-order valence-electron chi connectivity index (χ3n) is 2.78. The van der Waals surface area contributed by atoms with Crippen LogP contribution in [0.4, 0.5) is 0 Å². The van der Waals surface area contributed by atoms with Gasteiger partial charge in [-0.05, 0) is 39.8 Å². The van der Waals surface area contributed by atoms with Crippen LogP contribution >= 0.6 is 0 Å². The van der Waals surface area contributed by atoms with E-state index in [1.807, 2.05) is 12.1 Å². The molecular weight excluding hydrogens is 270 g/mol. The van der Waals surface area contributed by atoms with Crippen LogP contribution in [0, 0.1) is 0 Å². The molecule has 2 heterocycles. The van der Waals surface area contributed by atoms with Crippen LogP contribution in [-0.2, 0) is 9.53 Å². The van der Waals surface area contributed by atoms with E-state index in [-0.39, 0.29) is 5.91 Å². The number of fused-ring (bicyclic) bond motifs is 1. The molecule has 0 unspecified atom stereocenters. The zero-order chi connectivity index (χ0) is 15.6. The van der Waals surface area contributed by atoms with Crippen molar-refractivity contribution < 1.29 is 14.3 Å². The molecule has 21 heavy (non-hydrogen) atoms. The van der Waals surface area contributed by atoms with E-state index in [1.165, 1.54) is 6.20 Å². The first-order valence-electron chi connectivity index (χ1n) is 6.74. The first kappa shape index (κ1) is 15.0. The number of hydrogen-bond donors (Lipinski definition) is 1. The molecule has 2 aromatic heterocycles. The number of amides is 1. The molecule has 2 aromatic rings. The highest BCUT2D eigenvalue weighted by Gasteiger charge is 2.24. The van der Waals surface area contributed by atoms with Crippen molar-refractivity contribution >= 4 is 17.4 Å². The van der Waals surface area contributed by atoms with Gasteiger partial charge in [0, 0.05) is 6.20 Å². The quantitative estimate of drug-likeness (QED) is 0.874. The van der Waals surface area contributed by atoms with Gasteiger partial charge in [-0.1, -0.05) is 6.07 Å². The second-order valence-electron chi connectivity index (χ2n) is 5.82. The number of pyridine rings is 1. The van der Waals surface area contributed by atoms with Crippen molar-refractivity contribution in [1.82, 2.24) is 14.9 Å². The first-order valence-corrected chi connectivity index (χ1v) is 6.74. The lowest BCUT2D eigenvalue weighted by Crippen LogP contribution is -2.42. The summed E-state index contributed by atoms with van der Waals surface area (Å²) in [4.78, 5) is 24.1. The molecule has 6 heteroatoms. The van der Waals surface area contributed by atoms with Crippen LogP contribution in [0.5, 0.6) is 0 Å². The van der Waals surface area contributed by atoms with Gasteiger partial charge in [-0.3, -0.25) is 4.79 Å². The number of hydrogen-bond acceptors (Lipinski definition) is 4. The normalized spacial score (nSPS) is 13.0. The Labute approximate surface area is 123 Å². The molecule has 0 aromatic carbocycles. The van der Waals surface area contributed by atoms with E-state index in [4.69, 9.17) is 4.74 Å². The molecule has 1 atom stereocenters. The molecule has 0 radical (unpaired) electrons. The van der Waals surface area contributed by atoms with Gasteiger partial charge in [0.2, 0.25) is 0 Å². The summed E-state index contributed by atoms with van der Waals surface area (Å²) in [5.74, 6) is -0.818.